The van der Waals surface area contributed by atoms with Crippen LogP contribution in [0.15, 0.2) is 18.7 Å². The predicted octanol–water partition coefficient (Wildman–Crippen LogP) is 2.33. The van der Waals surface area contributed by atoms with Gasteiger partial charge in [0.25, 0.3) is 0 Å². The van der Waals surface area contributed by atoms with Crippen molar-refractivity contribution in [3.05, 3.63) is 18.7 Å². The Bertz CT molecular complexity index is 396. The maximum Gasteiger partial charge on any atom is 0.115 e. The summed E-state index contributed by atoms with van der Waals surface area (Å²) in [4.78, 5) is 10.8. The van der Waals surface area contributed by atoms with Crippen LogP contribution in [0, 0.1) is 11.3 Å². The lowest BCUT2D eigenvalue weighted by atomic mass is 9.83. The molecule has 4 heteroatoms. The highest BCUT2D eigenvalue weighted by Crippen LogP contribution is 2.28. The monoisotopic (exact) mass is 262 g/mol. The molecule has 0 amide bonds. The molecule has 106 valence electrons. The number of nitrogens with zero attached hydrogens (tertiary/aromatic N) is 3. The molecule has 0 aliphatic carbocycles. The minimum atomic E-state index is 0.260. The summed E-state index contributed by atoms with van der Waals surface area (Å²) >= 11 is 0. The molecule has 1 aromatic heterocycles. The summed E-state index contributed by atoms with van der Waals surface area (Å²) in [5, 5.41) is 3.71. The molecule has 1 aliphatic heterocycles. The SMILES string of the molecule is CC(C)C1CNC(C(C)(C)C)CN1c1cncnc1. The number of hydrogen-bond donors (Lipinski definition) is 1. The van der Waals surface area contributed by atoms with Crippen LogP contribution in [0.2, 0.25) is 0 Å². The van der Waals surface area contributed by atoms with Crippen molar-refractivity contribution >= 4 is 5.69 Å². The molecule has 1 aliphatic rings. The largest absolute Gasteiger partial charge is 0.363 e. The summed E-state index contributed by atoms with van der Waals surface area (Å²) in [5.41, 5.74) is 1.40. The van der Waals surface area contributed by atoms with Gasteiger partial charge in [-0.05, 0) is 11.3 Å². The predicted molar refractivity (Wildman–Crippen MR) is 79.2 cm³/mol. The first kappa shape index (κ1) is 14.3. The van der Waals surface area contributed by atoms with E-state index in [4.69, 9.17) is 0 Å². The standard InChI is InChI=1S/C15H26N4/c1-11(2)13-8-18-14(15(3,4)5)9-19(13)12-6-16-10-17-7-12/h6-7,10-11,13-14,18H,8-9H2,1-5H3. The molecule has 2 heterocycles. The molecule has 2 atom stereocenters. The van der Waals surface area contributed by atoms with Crippen molar-refractivity contribution in [2.24, 2.45) is 11.3 Å². The molecule has 1 N–H and O–H groups in total. The fourth-order valence-corrected chi connectivity index (χ4v) is 2.68. The highest BCUT2D eigenvalue weighted by Gasteiger charge is 2.35. The minimum Gasteiger partial charge on any atom is -0.363 e. The number of hydrogen-bond acceptors (Lipinski definition) is 4. The zero-order valence-corrected chi connectivity index (χ0v) is 12.7. The van der Waals surface area contributed by atoms with Gasteiger partial charge in [-0.2, -0.15) is 0 Å². The second-order valence-electron chi connectivity index (χ2n) is 6.89. The molecule has 1 aromatic rings. The summed E-state index contributed by atoms with van der Waals surface area (Å²) in [6.07, 6.45) is 5.44. The molecule has 2 rings (SSSR count). The molecule has 0 saturated carbocycles. The van der Waals surface area contributed by atoms with E-state index in [1.807, 2.05) is 12.4 Å². The van der Waals surface area contributed by atoms with Crippen LogP contribution in [0.25, 0.3) is 0 Å². The zero-order chi connectivity index (χ0) is 14.0. The summed E-state index contributed by atoms with van der Waals surface area (Å²) in [6.45, 7) is 13.5. The van der Waals surface area contributed by atoms with E-state index in [2.05, 4.69) is 54.8 Å². The van der Waals surface area contributed by atoms with Gasteiger partial charge in [0, 0.05) is 25.2 Å². The number of nitrogens with one attached hydrogen (secondary N) is 1. The molecule has 0 radical (unpaired) electrons. The fourth-order valence-electron chi connectivity index (χ4n) is 2.68. The van der Waals surface area contributed by atoms with Gasteiger partial charge in [-0.25, -0.2) is 9.97 Å². The average molecular weight is 262 g/mol. The van der Waals surface area contributed by atoms with Crippen molar-refractivity contribution in [1.29, 1.82) is 0 Å². The van der Waals surface area contributed by atoms with Crippen LogP contribution in [0.3, 0.4) is 0 Å². The first-order chi connectivity index (χ1) is 8.89. The van der Waals surface area contributed by atoms with E-state index in [1.165, 1.54) is 0 Å². The van der Waals surface area contributed by atoms with Gasteiger partial charge in [0.15, 0.2) is 0 Å². The molecule has 2 unspecified atom stereocenters. The van der Waals surface area contributed by atoms with Crippen molar-refractivity contribution in [2.45, 2.75) is 46.7 Å². The first-order valence-corrected chi connectivity index (χ1v) is 7.14. The number of anilines is 1. The van der Waals surface area contributed by atoms with Crippen molar-refractivity contribution in [2.75, 3.05) is 18.0 Å². The third kappa shape index (κ3) is 3.24. The Morgan fingerprint density at radius 3 is 2.42 bits per heavy atom. The number of aromatic nitrogens is 2. The molecule has 0 spiro atoms. The molecule has 4 nitrogen and oxygen atoms in total. The van der Waals surface area contributed by atoms with Crippen LogP contribution in [-0.2, 0) is 0 Å². The topological polar surface area (TPSA) is 41.0 Å². The van der Waals surface area contributed by atoms with Crippen LogP contribution < -0.4 is 10.2 Å². The Morgan fingerprint density at radius 1 is 1.26 bits per heavy atom. The van der Waals surface area contributed by atoms with E-state index < -0.39 is 0 Å². The summed E-state index contributed by atoms with van der Waals surface area (Å²) < 4.78 is 0. The van der Waals surface area contributed by atoms with Crippen molar-refractivity contribution in [3.8, 4) is 0 Å². The molecular weight excluding hydrogens is 236 g/mol. The van der Waals surface area contributed by atoms with Gasteiger partial charge in [-0.1, -0.05) is 34.6 Å². The quantitative estimate of drug-likeness (QED) is 0.888. The van der Waals surface area contributed by atoms with E-state index in [0.717, 1.165) is 18.8 Å². The lowest BCUT2D eigenvalue weighted by molar-refractivity contribution is 0.220. The second kappa shape index (κ2) is 5.45. The third-order valence-corrected chi connectivity index (χ3v) is 4.05. The molecule has 19 heavy (non-hydrogen) atoms. The number of rotatable bonds is 2. The smallest absolute Gasteiger partial charge is 0.115 e. The summed E-state index contributed by atoms with van der Waals surface area (Å²) in [7, 11) is 0. The Labute approximate surface area is 116 Å². The van der Waals surface area contributed by atoms with E-state index in [1.54, 1.807) is 6.33 Å². The summed E-state index contributed by atoms with van der Waals surface area (Å²) in [6, 6.07) is 0.993. The molecule has 1 fully saturated rings. The molecule has 0 bridgehead atoms. The maximum absolute atomic E-state index is 4.17. The van der Waals surface area contributed by atoms with Crippen molar-refractivity contribution in [1.82, 2.24) is 15.3 Å². The van der Waals surface area contributed by atoms with Crippen molar-refractivity contribution < 1.29 is 0 Å². The summed E-state index contributed by atoms with van der Waals surface area (Å²) in [5.74, 6) is 0.605. The lowest BCUT2D eigenvalue weighted by Crippen LogP contribution is -2.62. The van der Waals surface area contributed by atoms with Crippen LogP contribution >= 0.6 is 0 Å². The Morgan fingerprint density at radius 2 is 1.89 bits per heavy atom. The van der Waals surface area contributed by atoms with Crippen LogP contribution in [0.1, 0.15) is 34.6 Å². The van der Waals surface area contributed by atoms with Gasteiger partial charge in [0.05, 0.1) is 18.1 Å². The van der Waals surface area contributed by atoms with Gasteiger partial charge in [-0.3, -0.25) is 0 Å². The van der Waals surface area contributed by atoms with Crippen LogP contribution in [0.4, 0.5) is 5.69 Å². The average Bonchev–Trinajstić information content (AvgIpc) is 2.38. The van der Waals surface area contributed by atoms with Gasteiger partial charge in [0.1, 0.15) is 6.33 Å². The Kier molecular flexibility index (Phi) is 4.09. The van der Waals surface area contributed by atoms with Gasteiger partial charge >= 0.3 is 0 Å². The highest BCUT2D eigenvalue weighted by atomic mass is 15.3. The van der Waals surface area contributed by atoms with Gasteiger partial charge in [-0.15, -0.1) is 0 Å². The lowest BCUT2D eigenvalue weighted by Gasteiger charge is -2.47. The Balaban J connectivity index is 2.23. The molecule has 0 aromatic carbocycles. The first-order valence-electron chi connectivity index (χ1n) is 7.14. The Hall–Kier alpha value is -1.16. The minimum absolute atomic E-state index is 0.260. The second-order valence-corrected chi connectivity index (χ2v) is 6.89. The third-order valence-electron chi connectivity index (χ3n) is 4.05. The molecular formula is C15H26N4. The van der Waals surface area contributed by atoms with Crippen LogP contribution in [-0.4, -0.2) is 35.1 Å². The highest BCUT2D eigenvalue weighted by molar-refractivity contribution is 5.44. The molecule has 1 saturated heterocycles. The van der Waals surface area contributed by atoms with Crippen molar-refractivity contribution in [3.63, 3.8) is 0 Å². The van der Waals surface area contributed by atoms with E-state index >= 15 is 0 Å². The normalized spacial score (nSPS) is 24.8. The number of piperazine rings is 1. The van der Waals surface area contributed by atoms with E-state index in [9.17, 15) is 0 Å². The van der Waals surface area contributed by atoms with Crippen LogP contribution in [0.5, 0.6) is 0 Å². The fraction of sp³-hybridized carbons (Fsp3) is 0.733. The van der Waals surface area contributed by atoms with Gasteiger partial charge in [0.2, 0.25) is 0 Å². The van der Waals surface area contributed by atoms with E-state index in [-0.39, 0.29) is 5.41 Å². The van der Waals surface area contributed by atoms with E-state index in [0.29, 0.717) is 18.0 Å². The maximum atomic E-state index is 4.17. The zero-order valence-electron chi connectivity index (χ0n) is 12.7. The van der Waals surface area contributed by atoms with Gasteiger partial charge < -0.3 is 10.2 Å².